The first-order chi connectivity index (χ1) is 13.7. The van der Waals surface area contributed by atoms with E-state index in [2.05, 4.69) is 21.6 Å². The van der Waals surface area contributed by atoms with Crippen LogP contribution in [0, 0.1) is 11.3 Å². The van der Waals surface area contributed by atoms with Gasteiger partial charge in [0.25, 0.3) is 5.91 Å². The number of carbonyl (C=O) groups excluding carboxylic acids is 1. The van der Waals surface area contributed by atoms with Gasteiger partial charge in [-0.25, -0.2) is 0 Å². The molecule has 2 heterocycles. The van der Waals surface area contributed by atoms with Gasteiger partial charge in [-0.1, -0.05) is 35.2 Å². The first kappa shape index (κ1) is 18.3. The van der Waals surface area contributed by atoms with Gasteiger partial charge in [-0.15, -0.1) is 10.2 Å². The highest BCUT2D eigenvalue weighted by Crippen LogP contribution is 2.32. The molecular weight excluding hydrogens is 396 g/mol. The number of nitriles is 1. The Bertz CT molecular complexity index is 1040. The molecule has 7 nitrogen and oxygen atoms in total. The summed E-state index contributed by atoms with van der Waals surface area (Å²) in [6.45, 7) is 0.973. The number of nitrogens with one attached hydrogen (secondary N) is 1. The van der Waals surface area contributed by atoms with E-state index in [9.17, 15) is 4.79 Å². The lowest BCUT2D eigenvalue weighted by Gasteiger charge is -2.18. The van der Waals surface area contributed by atoms with E-state index in [1.807, 2.05) is 12.1 Å². The van der Waals surface area contributed by atoms with Crippen molar-refractivity contribution in [1.29, 1.82) is 5.26 Å². The van der Waals surface area contributed by atoms with Crippen molar-refractivity contribution in [2.45, 2.75) is 10.1 Å². The van der Waals surface area contributed by atoms with Gasteiger partial charge in [-0.05, 0) is 35.9 Å². The fourth-order valence-corrected chi connectivity index (χ4v) is 4.20. The molecule has 4 rings (SSSR count). The highest BCUT2D eigenvalue weighted by molar-refractivity contribution is 8.00. The van der Waals surface area contributed by atoms with Gasteiger partial charge in [0.1, 0.15) is 13.2 Å². The average Bonchev–Trinajstić information content (AvgIpc) is 3.19. The van der Waals surface area contributed by atoms with Crippen molar-refractivity contribution in [1.82, 2.24) is 10.2 Å². The van der Waals surface area contributed by atoms with Gasteiger partial charge in [0.15, 0.2) is 15.8 Å². The Morgan fingerprint density at radius 3 is 2.71 bits per heavy atom. The van der Waals surface area contributed by atoms with Crippen LogP contribution in [-0.2, 0) is 5.75 Å². The Morgan fingerprint density at radius 1 is 1.14 bits per heavy atom. The molecule has 1 N–H and O–H groups in total. The summed E-state index contributed by atoms with van der Waals surface area (Å²) in [7, 11) is 0. The van der Waals surface area contributed by atoms with Crippen molar-refractivity contribution >= 4 is 34.1 Å². The molecule has 140 valence electrons. The fourth-order valence-electron chi connectivity index (χ4n) is 2.49. The molecule has 0 bridgehead atoms. The maximum absolute atomic E-state index is 12.4. The molecule has 1 aliphatic heterocycles. The minimum absolute atomic E-state index is 0.281. The third-order valence-corrected chi connectivity index (χ3v) is 5.92. The molecule has 0 atom stereocenters. The van der Waals surface area contributed by atoms with Crippen LogP contribution >= 0.6 is 23.1 Å². The molecule has 0 saturated carbocycles. The lowest BCUT2D eigenvalue weighted by molar-refractivity contribution is 0.102. The molecule has 3 aromatic rings. The summed E-state index contributed by atoms with van der Waals surface area (Å²) in [5, 5.41) is 20.2. The molecule has 0 fully saturated rings. The van der Waals surface area contributed by atoms with E-state index in [1.165, 1.54) is 23.1 Å². The van der Waals surface area contributed by atoms with E-state index < -0.39 is 0 Å². The van der Waals surface area contributed by atoms with Crippen LogP contribution in [0.4, 0.5) is 5.13 Å². The quantitative estimate of drug-likeness (QED) is 0.506. The summed E-state index contributed by atoms with van der Waals surface area (Å²) >= 11 is 2.84. The second-order valence-corrected chi connectivity index (χ2v) is 7.98. The summed E-state index contributed by atoms with van der Waals surface area (Å²) < 4.78 is 11.7. The van der Waals surface area contributed by atoms with Gasteiger partial charge < -0.3 is 9.47 Å². The minimum Gasteiger partial charge on any atom is -0.486 e. The number of hydrogen-bond acceptors (Lipinski definition) is 8. The number of nitrogens with zero attached hydrogens (tertiary/aromatic N) is 3. The van der Waals surface area contributed by atoms with Crippen LogP contribution in [0.25, 0.3) is 0 Å². The number of rotatable bonds is 5. The zero-order valence-electron chi connectivity index (χ0n) is 14.5. The number of anilines is 1. The maximum atomic E-state index is 12.4. The number of thioether (sulfide) groups is 1. The van der Waals surface area contributed by atoms with Crippen molar-refractivity contribution in [3.05, 3.63) is 59.2 Å². The highest BCUT2D eigenvalue weighted by Gasteiger charge is 2.16. The van der Waals surface area contributed by atoms with Crippen molar-refractivity contribution < 1.29 is 14.3 Å². The molecular formula is C19H14N4O3S2. The Kier molecular flexibility index (Phi) is 5.41. The summed E-state index contributed by atoms with van der Waals surface area (Å²) in [6, 6.07) is 14.6. The molecule has 0 saturated heterocycles. The van der Waals surface area contributed by atoms with Crippen molar-refractivity contribution in [2.24, 2.45) is 0 Å². The lowest BCUT2D eigenvalue weighted by Crippen LogP contribution is -2.17. The zero-order chi connectivity index (χ0) is 19.3. The first-order valence-corrected chi connectivity index (χ1v) is 10.2. The van der Waals surface area contributed by atoms with Crippen LogP contribution in [0.3, 0.4) is 0 Å². The monoisotopic (exact) mass is 410 g/mol. The Hall–Kier alpha value is -3.09. The summed E-state index contributed by atoms with van der Waals surface area (Å²) in [4.78, 5) is 12.4. The molecule has 1 aromatic heterocycles. The molecule has 1 aliphatic rings. The SMILES string of the molecule is N#Cc1ccc(CSc2nnc(NC(=O)c3ccc4c(c3)OCCO4)s2)cc1. The minimum atomic E-state index is -0.281. The molecule has 28 heavy (non-hydrogen) atoms. The average molecular weight is 410 g/mol. The second-order valence-electron chi connectivity index (χ2n) is 5.78. The van der Waals surface area contributed by atoms with Gasteiger partial charge in [-0.3, -0.25) is 10.1 Å². The van der Waals surface area contributed by atoms with Gasteiger partial charge in [-0.2, -0.15) is 5.26 Å². The van der Waals surface area contributed by atoms with E-state index >= 15 is 0 Å². The van der Waals surface area contributed by atoms with E-state index in [-0.39, 0.29) is 5.91 Å². The molecule has 0 aliphatic carbocycles. The van der Waals surface area contributed by atoms with Gasteiger partial charge >= 0.3 is 0 Å². The predicted molar refractivity (Wildman–Crippen MR) is 106 cm³/mol. The van der Waals surface area contributed by atoms with Crippen LogP contribution in [-0.4, -0.2) is 29.3 Å². The van der Waals surface area contributed by atoms with Crippen LogP contribution in [0.2, 0.25) is 0 Å². The van der Waals surface area contributed by atoms with E-state index in [0.717, 1.165) is 9.90 Å². The third kappa shape index (κ3) is 4.24. The van der Waals surface area contributed by atoms with E-state index in [0.29, 0.717) is 46.7 Å². The molecule has 0 radical (unpaired) electrons. The van der Waals surface area contributed by atoms with Gasteiger partial charge in [0, 0.05) is 11.3 Å². The predicted octanol–water partition coefficient (Wildman–Crippen LogP) is 3.73. The van der Waals surface area contributed by atoms with Crippen LogP contribution in [0.1, 0.15) is 21.5 Å². The fraction of sp³-hybridized carbons (Fsp3) is 0.158. The van der Waals surface area contributed by atoms with Crippen molar-refractivity contribution in [3.8, 4) is 17.6 Å². The summed E-state index contributed by atoms with van der Waals surface area (Å²) in [6.07, 6.45) is 0. The molecule has 0 spiro atoms. The number of hydrogen-bond donors (Lipinski definition) is 1. The number of benzene rings is 2. The van der Waals surface area contributed by atoms with Crippen LogP contribution in [0.5, 0.6) is 11.5 Å². The van der Waals surface area contributed by atoms with Crippen LogP contribution in [0.15, 0.2) is 46.8 Å². The molecule has 0 unspecified atom stereocenters. The van der Waals surface area contributed by atoms with E-state index in [1.54, 1.807) is 30.3 Å². The van der Waals surface area contributed by atoms with Gasteiger partial charge in [0.05, 0.1) is 11.6 Å². The number of ether oxygens (including phenoxy) is 2. The first-order valence-electron chi connectivity index (χ1n) is 8.37. The molecule has 9 heteroatoms. The Morgan fingerprint density at radius 2 is 1.93 bits per heavy atom. The maximum Gasteiger partial charge on any atom is 0.257 e. The Labute approximate surface area is 169 Å². The molecule has 1 amide bonds. The van der Waals surface area contributed by atoms with Crippen molar-refractivity contribution in [3.63, 3.8) is 0 Å². The zero-order valence-corrected chi connectivity index (χ0v) is 16.2. The highest BCUT2D eigenvalue weighted by atomic mass is 32.2. The van der Waals surface area contributed by atoms with Crippen molar-refractivity contribution in [2.75, 3.05) is 18.5 Å². The number of fused-ring (bicyclic) bond motifs is 1. The lowest BCUT2D eigenvalue weighted by atomic mass is 10.2. The smallest absolute Gasteiger partial charge is 0.257 e. The van der Waals surface area contributed by atoms with Crippen LogP contribution < -0.4 is 14.8 Å². The summed E-state index contributed by atoms with van der Waals surface area (Å²) in [5.74, 6) is 1.63. The second kappa shape index (κ2) is 8.29. The number of amides is 1. The Balaban J connectivity index is 1.36. The molecule has 2 aromatic carbocycles. The van der Waals surface area contributed by atoms with Gasteiger partial charge in [0.2, 0.25) is 5.13 Å². The number of carbonyl (C=O) groups is 1. The third-order valence-electron chi connectivity index (χ3n) is 3.88. The topological polar surface area (TPSA) is 97.1 Å². The van der Waals surface area contributed by atoms with E-state index in [4.69, 9.17) is 14.7 Å². The number of aromatic nitrogens is 2. The normalized spacial score (nSPS) is 12.2. The summed E-state index contributed by atoms with van der Waals surface area (Å²) in [5.41, 5.74) is 2.18. The largest absolute Gasteiger partial charge is 0.486 e. The standard InChI is InChI=1S/C19H14N4O3S2/c20-10-12-1-3-13(4-2-12)11-27-19-23-22-18(28-19)21-17(24)14-5-6-15-16(9-14)26-8-7-25-15/h1-6,9H,7-8,11H2,(H,21,22,24).